The Kier molecular flexibility index (Phi) is 4.66. The molecular weight excluding hydrogens is 196 g/mol. The molecule has 94 valence electrons. The Morgan fingerprint density at radius 2 is 1.69 bits per heavy atom. The van der Waals surface area contributed by atoms with E-state index in [4.69, 9.17) is 0 Å². The van der Waals surface area contributed by atoms with Gasteiger partial charge in [0, 0.05) is 19.1 Å². The third-order valence-corrected chi connectivity index (χ3v) is 4.66. The van der Waals surface area contributed by atoms with Crippen LogP contribution in [0.4, 0.5) is 0 Å². The Morgan fingerprint density at radius 1 is 0.938 bits per heavy atom. The molecule has 1 aliphatic carbocycles. The SMILES string of the molecule is CCC1CCC(N2CCCN(C)CC2)CC1. The molecule has 2 rings (SSSR count). The standard InChI is InChI=1S/C14H28N2/c1-3-13-5-7-14(8-6-13)16-10-4-9-15(2)11-12-16/h13-14H,3-12H2,1-2H3. The van der Waals surface area contributed by atoms with Crippen molar-refractivity contribution in [1.82, 2.24) is 9.80 Å². The molecule has 1 heterocycles. The second-order valence-electron chi connectivity index (χ2n) is 5.78. The summed E-state index contributed by atoms with van der Waals surface area (Å²) in [5.41, 5.74) is 0. The number of rotatable bonds is 2. The van der Waals surface area contributed by atoms with Crippen LogP contribution in [0, 0.1) is 5.92 Å². The van der Waals surface area contributed by atoms with Gasteiger partial charge < -0.3 is 4.90 Å². The molecule has 0 aromatic carbocycles. The summed E-state index contributed by atoms with van der Waals surface area (Å²) in [6, 6.07) is 0.911. The van der Waals surface area contributed by atoms with Crippen LogP contribution in [0.25, 0.3) is 0 Å². The molecule has 1 saturated carbocycles. The fourth-order valence-corrected chi connectivity index (χ4v) is 3.35. The Hall–Kier alpha value is -0.0800. The van der Waals surface area contributed by atoms with Gasteiger partial charge in [0.25, 0.3) is 0 Å². The van der Waals surface area contributed by atoms with Gasteiger partial charge in [-0.3, -0.25) is 4.90 Å². The minimum atomic E-state index is 0.911. The quantitative estimate of drug-likeness (QED) is 0.711. The van der Waals surface area contributed by atoms with Gasteiger partial charge in [-0.1, -0.05) is 13.3 Å². The lowest BCUT2D eigenvalue weighted by Gasteiger charge is -2.36. The monoisotopic (exact) mass is 224 g/mol. The van der Waals surface area contributed by atoms with Crippen LogP contribution in [-0.2, 0) is 0 Å². The normalized spacial score (nSPS) is 34.9. The number of nitrogens with zero attached hydrogens (tertiary/aromatic N) is 2. The fraction of sp³-hybridized carbons (Fsp3) is 1.00. The summed E-state index contributed by atoms with van der Waals surface area (Å²) in [6.45, 7) is 7.56. The van der Waals surface area contributed by atoms with Gasteiger partial charge in [0.15, 0.2) is 0 Å². The first-order chi connectivity index (χ1) is 7.79. The number of hydrogen-bond donors (Lipinski definition) is 0. The summed E-state index contributed by atoms with van der Waals surface area (Å²) in [5, 5.41) is 0. The van der Waals surface area contributed by atoms with E-state index in [2.05, 4.69) is 23.8 Å². The van der Waals surface area contributed by atoms with Crippen LogP contribution < -0.4 is 0 Å². The minimum absolute atomic E-state index is 0.911. The van der Waals surface area contributed by atoms with Crippen LogP contribution in [0.5, 0.6) is 0 Å². The molecular formula is C14H28N2. The first kappa shape index (κ1) is 12.4. The highest BCUT2D eigenvalue weighted by molar-refractivity contribution is 4.81. The van der Waals surface area contributed by atoms with Crippen LogP contribution >= 0.6 is 0 Å². The maximum atomic E-state index is 2.77. The van der Waals surface area contributed by atoms with Gasteiger partial charge >= 0.3 is 0 Å². The highest BCUT2D eigenvalue weighted by Crippen LogP contribution is 2.29. The van der Waals surface area contributed by atoms with E-state index >= 15 is 0 Å². The Bertz CT molecular complexity index is 197. The van der Waals surface area contributed by atoms with Gasteiger partial charge in [-0.05, 0) is 58.2 Å². The van der Waals surface area contributed by atoms with E-state index in [1.807, 2.05) is 0 Å². The third-order valence-electron chi connectivity index (χ3n) is 4.66. The summed E-state index contributed by atoms with van der Waals surface area (Å²) in [6.07, 6.45) is 8.64. The van der Waals surface area contributed by atoms with Gasteiger partial charge in [-0.25, -0.2) is 0 Å². The van der Waals surface area contributed by atoms with Crippen LogP contribution in [0.15, 0.2) is 0 Å². The van der Waals surface area contributed by atoms with Gasteiger partial charge in [0.1, 0.15) is 0 Å². The van der Waals surface area contributed by atoms with Crippen molar-refractivity contribution in [3.05, 3.63) is 0 Å². The molecule has 2 fully saturated rings. The van der Waals surface area contributed by atoms with Crippen molar-refractivity contribution >= 4 is 0 Å². The average molecular weight is 224 g/mol. The topological polar surface area (TPSA) is 6.48 Å². The molecule has 2 nitrogen and oxygen atoms in total. The Labute approximate surface area is 101 Å². The first-order valence-electron chi connectivity index (χ1n) is 7.22. The zero-order chi connectivity index (χ0) is 11.4. The van der Waals surface area contributed by atoms with Crippen molar-refractivity contribution in [2.45, 2.75) is 51.5 Å². The van der Waals surface area contributed by atoms with Crippen LogP contribution in [0.2, 0.25) is 0 Å². The fourth-order valence-electron chi connectivity index (χ4n) is 3.35. The number of likely N-dealkylation sites (N-methyl/N-ethyl adjacent to an activating group) is 1. The Morgan fingerprint density at radius 3 is 2.38 bits per heavy atom. The summed E-state index contributed by atoms with van der Waals surface area (Å²) in [4.78, 5) is 5.26. The van der Waals surface area contributed by atoms with Crippen molar-refractivity contribution < 1.29 is 0 Å². The van der Waals surface area contributed by atoms with E-state index in [1.165, 1.54) is 64.7 Å². The maximum Gasteiger partial charge on any atom is 0.0112 e. The molecule has 1 aliphatic heterocycles. The minimum Gasteiger partial charge on any atom is -0.305 e. The predicted molar refractivity (Wildman–Crippen MR) is 69.7 cm³/mol. The van der Waals surface area contributed by atoms with Gasteiger partial charge in [-0.2, -0.15) is 0 Å². The second-order valence-corrected chi connectivity index (χ2v) is 5.78. The van der Waals surface area contributed by atoms with E-state index < -0.39 is 0 Å². The molecule has 0 amide bonds. The zero-order valence-electron chi connectivity index (χ0n) is 11.1. The largest absolute Gasteiger partial charge is 0.305 e. The molecule has 1 saturated heterocycles. The summed E-state index contributed by atoms with van der Waals surface area (Å²) >= 11 is 0. The molecule has 0 radical (unpaired) electrons. The lowest BCUT2D eigenvalue weighted by molar-refractivity contribution is 0.139. The van der Waals surface area contributed by atoms with E-state index in [9.17, 15) is 0 Å². The van der Waals surface area contributed by atoms with Gasteiger partial charge in [0.05, 0.1) is 0 Å². The summed E-state index contributed by atoms with van der Waals surface area (Å²) < 4.78 is 0. The molecule has 16 heavy (non-hydrogen) atoms. The molecule has 2 aliphatic rings. The maximum absolute atomic E-state index is 2.77. The van der Waals surface area contributed by atoms with Crippen molar-refractivity contribution in [2.75, 3.05) is 33.2 Å². The molecule has 2 heteroatoms. The molecule has 0 atom stereocenters. The third kappa shape index (κ3) is 3.21. The molecule has 0 aromatic heterocycles. The van der Waals surface area contributed by atoms with E-state index in [-0.39, 0.29) is 0 Å². The van der Waals surface area contributed by atoms with E-state index in [0.29, 0.717) is 0 Å². The summed E-state index contributed by atoms with van der Waals surface area (Å²) in [5.74, 6) is 1.03. The second kappa shape index (κ2) is 6.02. The van der Waals surface area contributed by atoms with Crippen LogP contribution in [0.3, 0.4) is 0 Å². The number of hydrogen-bond acceptors (Lipinski definition) is 2. The van der Waals surface area contributed by atoms with E-state index in [0.717, 1.165) is 12.0 Å². The highest BCUT2D eigenvalue weighted by Gasteiger charge is 2.25. The molecule has 0 aromatic rings. The average Bonchev–Trinajstić information content (AvgIpc) is 2.54. The molecule has 0 unspecified atom stereocenters. The van der Waals surface area contributed by atoms with Gasteiger partial charge in [0.2, 0.25) is 0 Å². The van der Waals surface area contributed by atoms with E-state index in [1.54, 1.807) is 0 Å². The molecule has 0 spiro atoms. The van der Waals surface area contributed by atoms with Crippen molar-refractivity contribution in [1.29, 1.82) is 0 Å². The van der Waals surface area contributed by atoms with Crippen molar-refractivity contribution in [2.24, 2.45) is 5.92 Å². The zero-order valence-corrected chi connectivity index (χ0v) is 11.1. The van der Waals surface area contributed by atoms with Crippen LogP contribution in [-0.4, -0.2) is 49.1 Å². The molecule has 0 N–H and O–H groups in total. The van der Waals surface area contributed by atoms with Crippen molar-refractivity contribution in [3.63, 3.8) is 0 Å². The lowest BCUT2D eigenvalue weighted by Crippen LogP contribution is -2.40. The molecule has 0 bridgehead atoms. The van der Waals surface area contributed by atoms with Crippen molar-refractivity contribution in [3.8, 4) is 0 Å². The first-order valence-corrected chi connectivity index (χ1v) is 7.22. The summed E-state index contributed by atoms with van der Waals surface area (Å²) in [7, 11) is 2.26. The Balaban J connectivity index is 1.79. The van der Waals surface area contributed by atoms with Gasteiger partial charge in [-0.15, -0.1) is 0 Å². The predicted octanol–water partition coefficient (Wildman–Crippen LogP) is 2.59. The smallest absolute Gasteiger partial charge is 0.0112 e. The highest BCUT2D eigenvalue weighted by atomic mass is 15.2. The van der Waals surface area contributed by atoms with Crippen LogP contribution in [0.1, 0.15) is 45.4 Å². The lowest BCUT2D eigenvalue weighted by atomic mass is 9.84.